The molecule has 0 aromatic heterocycles. The first-order valence-corrected chi connectivity index (χ1v) is 11.6. The molecule has 0 bridgehead atoms. The highest BCUT2D eigenvalue weighted by molar-refractivity contribution is 9.12. The quantitative estimate of drug-likeness (QED) is 0.354. The molecule has 1 nitrogen and oxygen atoms in total. The molecule has 2 atom stereocenters. The van der Waals surface area contributed by atoms with E-state index in [9.17, 15) is 0 Å². The predicted octanol–water partition coefficient (Wildman–Crippen LogP) is 5.11. The molecule has 0 aliphatic rings. The summed E-state index contributed by atoms with van der Waals surface area (Å²) in [7, 11) is -2.60. The van der Waals surface area contributed by atoms with Crippen LogP contribution in [0.2, 0.25) is 5.04 Å². The summed E-state index contributed by atoms with van der Waals surface area (Å²) >= 11 is 3.26. The van der Waals surface area contributed by atoms with Crippen molar-refractivity contribution < 1.29 is 4.43 Å². The molecular weight excluding hydrogens is 400 g/mol. The van der Waals surface area contributed by atoms with Crippen LogP contribution in [0, 0.1) is 16.7 Å². The third kappa shape index (κ3) is 4.20. The zero-order chi connectivity index (χ0) is 19.2. The van der Waals surface area contributed by atoms with Crippen LogP contribution in [-0.4, -0.2) is 14.4 Å². The highest BCUT2D eigenvalue weighted by Gasteiger charge is 2.51. The monoisotopic (exact) mass is 426 g/mol. The molecule has 0 saturated carbocycles. The first-order chi connectivity index (χ1) is 12.4. The number of halogens is 1. The van der Waals surface area contributed by atoms with Crippen LogP contribution in [0.5, 0.6) is 0 Å². The Labute approximate surface area is 167 Å². The SMILES string of the molecule is C=C[C@@H](C)[C@@H](C#CBr)O[Si](c1ccccc1)(c1ccccc1)C(C)(C)C. The van der Waals surface area contributed by atoms with Crippen molar-refractivity contribution in [1.29, 1.82) is 0 Å². The van der Waals surface area contributed by atoms with Crippen molar-refractivity contribution in [2.24, 2.45) is 5.92 Å². The van der Waals surface area contributed by atoms with Gasteiger partial charge in [0.15, 0.2) is 0 Å². The van der Waals surface area contributed by atoms with E-state index in [1.165, 1.54) is 10.4 Å². The lowest BCUT2D eigenvalue weighted by Gasteiger charge is -2.45. The van der Waals surface area contributed by atoms with Gasteiger partial charge in [0.1, 0.15) is 6.10 Å². The molecule has 0 radical (unpaired) electrons. The van der Waals surface area contributed by atoms with E-state index < -0.39 is 8.32 Å². The molecule has 0 saturated heterocycles. The number of rotatable bonds is 6. The Balaban J connectivity index is 2.75. The molecule has 0 aliphatic carbocycles. The van der Waals surface area contributed by atoms with E-state index in [4.69, 9.17) is 4.43 Å². The molecule has 3 heteroatoms. The van der Waals surface area contributed by atoms with Crippen LogP contribution < -0.4 is 10.4 Å². The first-order valence-electron chi connectivity index (χ1n) is 8.89. The van der Waals surface area contributed by atoms with Crippen molar-refractivity contribution in [3.05, 3.63) is 73.3 Å². The van der Waals surface area contributed by atoms with E-state index in [1.807, 2.05) is 6.08 Å². The molecule has 0 fully saturated rings. The Hall–Kier alpha value is -1.60. The van der Waals surface area contributed by atoms with Crippen molar-refractivity contribution >= 4 is 34.6 Å². The summed E-state index contributed by atoms with van der Waals surface area (Å²) in [5.74, 6) is 3.33. The van der Waals surface area contributed by atoms with Crippen LogP contribution in [0.1, 0.15) is 27.7 Å². The minimum atomic E-state index is -2.60. The first kappa shape index (κ1) is 20.7. The number of hydrogen-bond donors (Lipinski definition) is 0. The van der Waals surface area contributed by atoms with Gasteiger partial charge in [0.05, 0.1) is 0 Å². The molecule has 0 N–H and O–H groups in total. The van der Waals surface area contributed by atoms with Gasteiger partial charge >= 0.3 is 0 Å². The van der Waals surface area contributed by atoms with Gasteiger partial charge in [-0.1, -0.05) is 100 Å². The van der Waals surface area contributed by atoms with Gasteiger partial charge in [0.2, 0.25) is 0 Å². The maximum atomic E-state index is 7.03. The molecular formula is C23H27BrOSi. The Bertz CT molecular complexity index is 729. The second-order valence-corrected chi connectivity index (χ2v) is 12.2. The molecule has 136 valence electrons. The van der Waals surface area contributed by atoms with Crippen molar-refractivity contribution in [3.63, 3.8) is 0 Å². The molecule has 0 amide bonds. The Morgan fingerprint density at radius 2 is 1.46 bits per heavy atom. The molecule has 2 aromatic rings. The third-order valence-electron chi connectivity index (χ3n) is 4.77. The minimum absolute atomic E-state index is 0.0666. The lowest BCUT2D eigenvalue weighted by molar-refractivity contribution is 0.206. The molecule has 0 spiro atoms. The summed E-state index contributed by atoms with van der Waals surface area (Å²) in [6, 6.07) is 21.3. The average molecular weight is 427 g/mol. The Kier molecular flexibility index (Phi) is 7.06. The van der Waals surface area contributed by atoms with Gasteiger partial charge < -0.3 is 4.43 Å². The van der Waals surface area contributed by atoms with Crippen molar-refractivity contribution in [2.45, 2.75) is 38.8 Å². The molecule has 26 heavy (non-hydrogen) atoms. The smallest absolute Gasteiger partial charge is 0.262 e. The van der Waals surface area contributed by atoms with Crippen molar-refractivity contribution in [1.82, 2.24) is 0 Å². The second-order valence-electron chi connectivity index (χ2n) is 7.54. The summed E-state index contributed by atoms with van der Waals surface area (Å²) in [4.78, 5) is 2.87. The van der Waals surface area contributed by atoms with E-state index in [2.05, 4.69) is 122 Å². The van der Waals surface area contributed by atoms with Crippen LogP contribution >= 0.6 is 15.9 Å². The summed E-state index contributed by atoms with van der Waals surface area (Å²) in [6.07, 6.45) is 1.69. The summed E-state index contributed by atoms with van der Waals surface area (Å²) in [6.45, 7) is 12.9. The van der Waals surface area contributed by atoms with Crippen LogP contribution in [-0.2, 0) is 4.43 Å². The van der Waals surface area contributed by atoms with Gasteiger partial charge in [0, 0.05) is 21.8 Å². The average Bonchev–Trinajstić information content (AvgIpc) is 2.65. The van der Waals surface area contributed by atoms with Crippen LogP contribution in [0.4, 0.5) is 0 Å². The number of benzene rings is 2. The van der Waals surface area contributed by atoms with E-state index in [0.717, 1.165) is 0 Å². The molecule has 0 aliphatic heterocycles. The fraction of sp³-hybridized carbons (Fsp3) is 0.304. The van der Waals surface area contributed by atoms with Gasteiger partial charge in [-0.15, -0.1) is 6.58 Å². The largest absolute Gasteiger partial charge is 0.393 e. The predicted molar refractivity (Wildman–Crippen MR) is 119 cm³/mol. The molecule has 0 unspecified atom stereocenters. The van der Waals surface area contributed by atoms with E-state index in [1.54, 1.807) is 0 Å². The maximum Gasteiger partial charge on any atom is 0.262 e. The van der Waals surface area contributed by atoms with Crippen LogP contribution in [0.15, 0.2) is 73.3 Å². The van der Waals surface area contributed by atoms with Gasteiger partial charge in [-0.25, -0.2) is 0 Å². The second kappa shape index (κ2) is 8.86. The molecule has 2 aromatic carbocycles. The fourth-order valence-corrected chi connectivity index (χ4v) is 8.22. The van der Waals surface area contributed by atoms with Gasteiger partial charge in [-0.05, 0) is 20.2 Å². The molecule has 0 heterocycles. The number of hydrogen-bond acceptors (Lipinski definition) is 1. The van der Waals surface area contributed by atoms with Crippen LogP contribution in [0.3, 0.4) is 0 Å². The normalized spacial score (nSPS) is 14.0. The zero-order valence-electron chi connectivity index (χ0n) is 16.0. The maximum absolute atomic E-state index is 7.03. The zero-order valence-corrected chi connectivity index (χ0v) is 18.6. The van der Waals surface area contributed by atoms with E-state index >= 15 is 0 Å². The molecule has 2 rings (SSSR count). The summed E-state index contributed by atoms with van der Waals surface area (Å²) < 4.78 is 7.03. The van der Waals surface area contributed by atoms with Crippen molar-refractivity contribution in [3.8, 4) is 10.8 Å². The Morgan fingerprint density at radius 1 is 1.00 bits per heavy atom. The van der Waals surface area contributed by atoms with E-state index in [-0.39, 0.29) is 17.1 Å². The minimum Gasteiger partial charge on any atom is -0.393 e. The summed E-state index contributed by atoms with van der Waals surface area (Å²) in [5.41, 5.74) is 0. The standard InChI is InChI=1S/C23H27BrOSi/c1-6-19(2)22(17-18-24)25-26(23(3,4)5,20-13-9-7-10-14-20)21-15-11-8-12-16-21/h6-16,19,22H,1H2,2-5H3/t19-,22-/m1/s1. The highest BCUT2D eigenvalue weighted by atomic mass is 79.9. The van der Waals surface area contributed by atoms with Crippen molar-refractivity contribution in [2.75, 3.05) is 0 Å². The van der Waals surface area contributed by atoms with Crippen LogP contribution in [0.25, 0.3) is 0 Å². The Morgan fingerprint density at radius 3 is 1.81 bits per heavy atom. The highest BCUT2D eigenvalue weighted by Crippen LogP contribution is 2.38. The van der Waals surface area contributed by atoms with Gasteiger partial charge in [0.25, 0.3) is 8.32 Å². The van der Waals surface area contributed by atoms with Gasteiger partial charge in [-0.3, -0.25) is 0 Å². The third-order valence-corrected chi connectivity index (χ3v) is 10.0. The summed E-state index contributed by atoms with van der Waals surface area (Å²) in [5, 5.41) is 2.45. The van der Waals surface area contributed by atoms with Gasteiger partial charge in [-0.2, -0.15) is 0 Å². The lowest BCUT2D eigenvalue weighted by Crippen LogP contribution is -2.68. The van der Waals surface area contributed by atoms with E-state index in [0.29, 0.717) is 0 Å². The lowest BCUT2D eigenvalue weighted by atomic mass is 10.1. The fourth-order valence-electron chi connectivity index (χ4n) is 3.33. The topological polar surface area (TPSA) is 9.23 Å².